The lowest BCUT2D eigenvalue weighted by Gasteiger charge is -2.35. The number of hydrogen-bond acceptors (Lipinski definition) is 5. The zero-order valence-corrected chi connectivity index (χ0v) is 22.3. The summed E-state index contributed by atoms with van der Waals surface area (Å²) in [6, 6.07) is 8.78. The molecule has 1 fully saturated rings. The van der Waals surface area contributed by atoms with E-state index in [1.165, 1.54) is 37.7 Å². The van der Waals surface area contributed by atoms with Gasteiger partial charge in [0.25, 0.3) is 0 Å². The number of hydrogen-bond donors (Lipinski definition) is 2. The van der Waals surface area contributed by atoms with Crippen molar-refractivity contribution < 1.29 is 4.74 Å². The van der Waals surface area contributed by atoms with E-state index in [1.807, 2.05) is 0 Å². The predicted octanol–water partition coefficient (Wildman–Crippen LogP) is 3.52. The van der Waals surface area contributed by atoms with Crippen LogP contribution in [0.1, 0.15) is 62.3 Å². The third-order valence-electron chi connectivity index (χ3n) is 6.45. The highest BCUT2D eigenvalue weighted by molar-refractivity contribution is 14.0. The van der Waals surface area contributed by atoms with Gasteiger partial charge in [-0.1, -0.05) is 18.6 Å². The molecule has 9 heteroatoms. The summed E-state index contributed by atoms with van der Waals surface area (Å²) >= 11 is 0. The van der Waals surface area contributed by atoms with Crippen LogP contribution >= 0.6 is 24.0 Å². The van der Waals surface area contributed by atoms with Crippen LogP contribution in [0.15, 0.2) is 29.3 Å². The molecule has 2 aliphatic heterocycles. The van der Waals surface area contributed by atoms with Crippen LogP contribution in [0.5, 0.6) is 5.75 Å². The molecule has 0 aliphatic carbocycles. The molecule has 0 radical (unpaired) electrons. The number of nitrogens with zero attached hydrogens (tertiary/aromatic N) is 5. The molecular weight excluding hydrogens is 529 g/mol. The van der Waals surface area contributed by atoms with Gasteiger partial charge in [-0.25, -0.2) is 4.99 Å². The summed E-state index contributed by atoms with van der Waals surface area (Å²) < 4.78 is 7.60. The minimum absolute atomic E-state index is 0. The Bertz CT molecular complexity index is 877. The average molecular weight is 568 g/mol. The minimum atomic E-state index is 0. The van der Waals surface area contributed by atoms with E-state index >= 15 is 0 Å². The summed E-state index contributed by atoms with van der Waals surface area (Å²) in [4.78, 5) is 7.43. The number of piperidine rings is 1. The highest BCUT2D eigenvalue weighted by Crippen LogP contribution is 2.26. The molecule has 2 aromatic rings. The number of ether oxygens (including phenoxy) is 1. The molecule has 1 aromatic carbocycles. The van der Waals surface area contributed by atoms with Crippen molar-refractivity contribution in [2.75, 3.05) is 33.3 Å². The second-order valence-corrected chi connectivity index (χ2v) is 8.60. The van der Waals surface area contributed by atoms with E-state index in [2.05, 4.69) is 61.5 Å². The third kappa shape index (κ3) is 6.81. The van der Waals surface area contributed by atoms with Crippen molar-refractivity contribution in [2.45, 2.75) is 64.6 Å². The monoisotopic (exact) mass is 567 g/mol. The summed E-state index contributed by atoms with van der Waals surface area (Å²) in [5.74, 6) is 3.78. The summed E-state index contributed by atoms with van der Waals surface area (Å²) in [5, 5.41) is 15.7. The molecule has 3 heterocycles. The van der Waals surface area contributed by atoms with Crippen LogP contribution in [0.25, 0.3) is 0 Å². The van der Waals surface area contributed by atoms with Crippen molar-refractivity contribution in [2.24, 2.45) is 4.99 Å². The van der Waals surface area contributed by atoms with Crippen LogP contribution in [0, 0.1) is 0 Å². The van der Waals surface area contributed by atoms with Gasteiger partial charge in [0.05, 0.1) is 13.2 Å². The fourth-order valence-electron chi connectivity index (χ4n) is 4.68. The molecule has 182 valence electrons. The number of aliphatic imine (C=N–C) groups is 1. The Morgan fingerprint density at radius 1 is 1.03 bits per heavy atom. The van der Waals surface area contributed by atoms with Crippen LogP contribution in [-0.4, -0.2) is 58.9 Å². The minimum Gasteiger partial charge on any atom is -0.497 e. The first-order valence-corrected chi connectivity index (χ1v) is 12.1. The number of guanidine groups is 1. The van der Waals surface area contributed by atoms with Crippen LogP contribution in [0.2, 0.25) is 0 Å². The third-order valence-corrected chi connectivity index (χ3v) is 6.45. The van der Waals surface area contributed by atoms with Crippen LogP contribution < -0.4 is 15.4 Å². The van der Waals surface area contributed by atoms with Gasteiger partial charge in [0, 0.05) is 26.1 Å². The smallest absolute Gasteiger partial charge is 0.191 e. The van der Waals surface area contributed by atoms with Crippen molar-refractivity contribution in [3.05, 3.63) is 41.5 Å². The molecule has 1 atom stereocenters. The van der Waals surface area contributed by atoms with Gasteiger partial charge in [0.15, 0.2) is 11.8 Å². The lowest BCUT2D eigenvalue weighted by atomic mass is 10.0. The molecule has 1 saturated heterocycles. The van der Waals surface area contributed by atoms with E-state index in [0.717, 1.165) is 62.5 Å². The zero-order valence-electron chi connectivity index (χ0n) is 19.9. The molecule has 2 aliphatic rings. The molecule has 33 heavy (non-hydrogen) atoms. The van der Waals surface area contributed by atoms with E-state index in [0.29, 0.717) is 12.6 Å². The number of rotatable bonds is 8. The van der Waals surface area contributed by atoms with Crippen LogP contribution in [0.3, 0.4) is 0 Å². The number of halogens is 1. The summed E-state index contributed by atoms with van der Waals surface area (Å²) in [6.07, 6.45) is 7.27. The van der Waals surface area contributed by atoms with E-state index in [4.69, 9.17) is 9.73 Å². The molecule has 1 aromatic heterocycles. The molecular formula is C24H38IN7O. The highest BCUT2D eigenvalue weighted by Gasteiger charge is 2.23. The lowest BCUT2D eigenvalue weighted by Crippen LogP contribution is -2.44. The maximum atomic E-state index is 5.36. The van der Waals surface area contributed by atoms with Gasteiger partial charge in [-0.05, 0) is 63.4 Å². The Morgan fingerprint density at radius 2 is 1.79 bits per heavy atom. The standard InChI is InChI=1S/C24H37N7O.HI/c1-3-25-24(27-18-23-29-28-22-9-5-8-16-31(22)23)26-17-21(30-14-6-4-7-15-30)19-10-12-20(32-2)13-11-19;/h10-13,21H,3-9,14-18H2,1-2H3,(H2,25,26,27);1H. The van der Waals surface area contributed by atoms with Crippen molar-refractivity contribution in [1.82, 2.24) is 30.3 Å². The van der Waals surface area contributed by atoms with Gasteiger partial charge >= 0.3 is 0 Å². The predicted molar refractivity (Wildman–Crippen MR) is 142 cm³/mol. The molecule has 0 amide bonds. The van der Waals surface area contributed by atoms with Crippen molar-refractivity contribution in [1.29, 1.82) is 0 Å². The van der Waals surface area contributed by atoms with E-state index in [9.17, 15) is 0 Å². The number of aryl methyl sites for hydroxylation is 1. The Hall–Kier alpha value is -1.88. The van der Waals surface area contributed by atoms with E-state index in [-0.39, 0.29) is 24.0 Å². The number of likely N-dealkylation sites (tertiary alicyclic amines) is 1. The topological polar surface area (TPSA) is 79.6 Å². The van der Waals surface area contributed by atoms with E-state index in [1.54, 1.807) is 7.11 Å². The fourth-order valence-corrected chi connectivity index (χ4v) is 4.68. The number of benzene rings is 1. The summed E-state index contributed by atoms with van der Waals surface area (Å²) in [5.41, 5.74) is 1.31. The number of methoxy groups -OCH3 is 1. The van der Waals surface area contributed by atoms with Crippen LogP contribution in [0.4, 0.5) is 0 Å². The van der Waals surface area contributed by atoms with Gasteiger partial charge in [0.1, 0.15) is 18.1 Å². The maximum absolute atomic E-state index is 5.36. The summed E-state index contributed by atoms with van der Waals surface area (Å²) in [6.45, 7) is 7.54. The molecule has 0 saturated carbocycles. The molecule has 0 bridgehead atoms. The quantitative estimate of drug-likeness (QED) is 0.289. The Morgan fingerprint density at radius 3 is 2.52 bits per heavy atom. The van der Waals surface area contributed by atoms with Gasteiger partial charge in [-0.3, -0.25) is 4.90 Å². The highest BCUT2D eigenvalue weighted by atomic mass is 127. The zero-order chi connectivity index (χ0) is 22.2. The van der Waals surface area contributed by atoms with Gasteiger partial charge in [0.2, 0.25) is 0 Å². The fraction of sp³-hybridized carbons (Fsp3) is 0.625. The summed E-state index contributed by atoms with van der Waals surface area (Å²) in [7, 11) is 1.71. The van der Waals surface area contributed by atoms with Crippen molar-refractivity contribution in [3.63, 3.8) is 0 Å². The normalized spacial score (nSPS) is 17.6. The van der Waals surface area contributed by atoms with E-state index < -0.39 is 0 Å². The molecule has 0 spiro atoms. The van der Waals surface area contributed by atoms with Crippen LogP contribution in [-0.2, 0) is 19.5 Å². The SMILES string of the molecule is CCNC(=NCc1nnc2n1CCCC2)NCC(c1ccc(OC)cc1)N1CCCCC1.I. The molecule has 1 unspecified atom stereocenters. The Balaban J connectivity index is 0.00000306. The van der Waals surface area contributed by atoms with Crippen molar-refractivity contribution >= 4 is 29.9 Å². The second-order valence-electron chi connectivity index (χ2n) is 8.60. The second kappa shape index (κ2) is 13.1. The number of nitrogens with one attached hydrogen (secondary N) is 2. The first-order chi connectivity index (χ1) is 15.8. The molecule has 2 N–H and O–H groups in total. The molecule has 8 nitrogen and oxygen atoms in total. The first-order valence-electron chi connectivity index (χ1n) is 12.1. The van der Waals surface area contributed by atoms with Crippen molar-refractivity contribution in [3.8, 4) is 5.75 Å². The average Bonchev–Trinajstić information content (AvgIpc) is 3.27. The van der Waals surface area contributed by atoms with Gasteiger partial charge < -0.3 is 19.9 Å². The molecule has 4 rings (SSSR count). The van der Waals surface area contributed by atoms with Gasteiger partial charge in [-0.15, -0.1) is 34.2 Å². The number of fused-ring (bicyclic) bond motifs is 1. The number of aromatic nitrogens is 3. The lowest BCUT2D eigenvalue weighted by molar-refractivity contribution is 0.164. The largest absolute Gasteiger partial charge is 0.497 e. The maximum Gasteiger partial charge on any atom is 0.191 e. The van der Waals surface area contributed by atoms with Gasteiger partial charge in [-0.2, -0.15) is 0 Å². The first kappa shape index (κ1) is 25.7. The Labute approximate surface area is 214 Å². The Kier molecular flexibility index (Phi) is 10.2.